The van der Waals surface area contributed by atoms with Gasteiger partial charge in [0.25, 0.3) is 0 Å². The molecule has 1 aliphatic heterocycles. The van der Waals surface area contributed by atoms with E-state index in [0.29, 0.717) is 5.88 Å². The first-order valence-corrected chi connectivity index (χ1v) is 7.54. The molecule has 3 heterocycles. The molecule has 0 aliphatic carbocycles. The van der Waals surface area contributed by atoms with Crippen molar-refractivity contribution in [3.05, 3.63) is 22.6 Å². The molecule has 2 aromatic rings. The highest BCUT2D eigenvalue weighted by atomic mass is 79.9. The maximum absolute atomic E-state index is 5.88. The lowest BCUT2D eigenvalue weighted by atomic mass is 10.4. The molecule has 0 N–H and O–H groups in total. The van der Waals surface area contributed by atoms with Crippen LogP contribution in [0.2, 0.25) is 0 Å². The van der Waals surface area contributed by atoms with E-state index in [2.05, 4.69) is 35.6 Å². The molecule has 0 bridgehead atoms. The fourth-order valence-electron chi connectivity index (χ4n) is 2.27. The van der Waals surface area contributed by atoms with Gasteiger partial charge >= 0.3 is 0 Å². The van der Waals surface area contributed by atoms with Crippen molar-refractivity contribution in [2.75, 3.05) is 37.2 Å². The molecule has 19 heavy (non-hydrogen) atoms. The Balaban J connectivity index is 2.09. The fraction of sp³-hybridized carbons (Fsp3) is 0.500. The van der Waals surface area contributed by atoms with Crippen LogP contribution in [0, 0.1) is 0 Å². The Bertz CT molecular complexity index is 582. The zero-order valence-corrected chi connectivity index (χ0v) is 12.7. The van der Waals surface area contributed by atoms with Gasteiger partial charge in [0.2, 0.25) is 0 Å². The number of ether oxygens (including phenoxy) is 1. The van der Waals surface area contributed by atoms with Gasteiger partial charge < -0.3 is 9.75 Å². The van der Waals surface area contributed by atoms with Gasteiger partial charge in [-0.2, -0.15) is 0 Å². The van der Waals surface area contributed by atoms with Gasteiger partial charge in [-0.1, -0.05) is 0 Å². The lowest BCUT2D eigenvalue weighted by molar-refractivity contribution is 0.111. The molecule has 0 saturated carbocycles. The molecule has 3 rings (SSSR count). The normalized spacial score (nSPS) is 16.2. The Morgan fingerprint density at radius 1 is 1.37 bits per heavy atom. The first-order valence-electron chi connectivity index (χ1n) is 6.21. The Morgan fingerprint density at radius 3 is 2.89 bits per heavy atom. The quantitative estimate of drug-likeness (QED) is 0.798. The molecule has 1 saturated heterocycles. The van der Waals surface area contributed by atoms with Crippen molar-refractivity contribution < 1.29 is 4.74 Å². The van der Waals surface area contributed by atoms with Gasteiger partial charge in [0.15, 0.2) is 5.65 Å². The second kappa shape index (κ2) is 5.64. The molecule has 0 radical (unpaired) electrons. The summed E-state index contributed by atoms with van der Waals surface area (Å²) in [6, 6.07) is 1.98. The Morgan fingerprint density at radius 2 is 2.16 bits per heavy atom. The molecule has 0 amide bonds. The third-order valence-corrected chi connectivity index (χ3v) is 3.72. The summed E-state index contributed by atoms with van der Waals surface area (Å²) in [5.41, 5.74) is 1.77. The minimum Gasteiger partial charge on any atom is -0.378 e. The smallest absolute Gasteiger partial charge is 0.179 e. The van der Waals surface area contributed by atoms with Crippen LogP contribution in [0.1, 0.15) is 5.82 Å². The van der Waals surface area contributed by atoms with Crippen LogP contribution >= 0.6 is 27.5 Å². The van der Waals surface area contributed by atoms with E-state index in [1.54, 1.807) is 6.20 Å². The van der Waals surface area contributed by atoms with Crippen LogP contribution < -0.4 is 5.01 Å². The number of pyridine rings is 1. The van der Waals surface area contributed by atoms with Crippen LogP contribution in [0.25, 0.3) is 11.2 Å². The molecule has 0 unspecified atom stereocenters. The van der Waals surface area contributed by atoms with E-state index < -0.39 is 0 Å². The number of alkyl halides is 1. The average Bonchev–Trinajstić information content (AvgIpc) is 2.77. The van der Waals surface area contributed by atoms with Crippen LogP contribution in [0.3, 0.4) is 0 Å². The second-order valence-electron chi connectivity index (χ2n) is 4.34. The van der Waals surface area contributed by atoms with Crippen molar-refractivity contribution in [3.8, 4) is 0 Å². The van der Waals surface area contributed by atoms with Crippen LogP contribution in [0.4, 0.5) is 0 Å². The number of aromatic nitrogens is 3. The summed E-state index contributed by atoms with van der Waals surface area (Å²) in [6.45, 7) is 3.16. The van der Waals surface area contributed by atoms with Crippen LogP contribution in [-0.2, 0) is 11.2 Å². The number of fused-ring (bicyclic) bond motifs is 1. The Hall–Kier alpha value is -0.850. The van der Waals surface area contributed by atoms with Gasteiger partial charge in [0.1, 0.15) is 11.3 Å². The number of nitrogens with zero attached hydrogens (tertiary/aromatic N) is 4. The third-order valence-electron chi connectivity index (χ3n) is 3.10. The van der Waals surface area contributed by atoms with Crippen molar-refractivity contribution in [2.24, 2.45) is 0 Å². The molecule has 5 nitrogen and oxygen atoms in total. The zero-order valence-electron chi connectivity index (χ0n) is 10.4. The van der Waals surface area contributed by atoms with Crippen LogP contribution in [0.5, 0.6) is 0 Å². The SMILES string of the molecule is ClCCc1nc2cc(Br)cnc2n1N1CCOCC1. The fourth-order valence-corrected chi connectivity index (χ4v) is 2.76. The molecular weight excluding hydrogens is 332 g/mol. The lowest BCUT2D eigenvalue weighted by Gasteiger charge is -2.30. The van der Waals surface area contributed by atoms with Gasteiger partial charge in [-0.15, -0.1) is 11.6 Å². The molecule has 2 aromatic heterocycles. The summed E-state index contributed by atoms with van der Waals surface area (Å²) >= 11 is 9.31. The zero-order chi connectivity index (χ0) is 13.2. The molecule has 102 valence electrons. The predicted octanol–water partition coefficient (Wildman–Crippen LogP) is 1.94. The summed E-state index contributed by atoms with van der Waals surface area (Å²) in [6.07, 6.45) is 2.53. The number of halogens is 2. The first kappa shape index (κ1) is 13.1. The highest BCUT2D eigenvalue weighted by Gasteiger charge is 2.19. The van der Waals surface area contributed by atoms with E-state index in [1.165, 1.54) is 0 Å². The minimum atomic E-state index is 0.550. The van der Waals surface area contributed by atoms with Crippen molar-refractivity contribution in [1.29, 1.82) is 0 Å². The molecule has 0 aromatic carbocycles. The number of aryl methyl sites for hydroxylation is 1. The summed E-state index contributed by atoms with van der Waals surface area (Å²) < 4.78 is 8.42. The van der Waals surface area contributed by atoms with Crippen LogP contribution in [-0.4, -0.2) is 46.8 Å². The maximum atomic E-state index is 5.88. The third kappa shape index (κ3) is 2.57. The molecule has 7 heteroatoms. The van der Waals surface area contributed by atoms with E-state index >= 15 is 0 Å². The minimum absolute atomic E-state index is 0.550. The van der Waals surface area contributed by atoms with Gasteiger partial charge in [0, 0.05) is 23.0 Å². The Kier molecular flexibility index (Phi) is 3.91. The summed E-state index contributed by atoms with van der Waals surface area (Å²) in [5.74, 6) is 1.51. The summed E-state index contributed by atoms with van der Waals surface area (Å²) in [4.78, 5) is 9.13. The number of hydrogen-bond acceptors (Lipinski definition) is 4. The van der Waals surface area contributed by atoms with E-state index in [0.717, 1.165) is 54.2 Å². The number of morpholine rings is 1. The molecule has 0 atom stereocenters. The van der Waals surface area contributed by atoms with Crippen LogP contribution in [0.15, 0.2) is 16.7 Å². The predicted molar refractivity (Wildman–Crippen MR) is 78.4 cm³/mol. The lowest BCUT2D eigenvalue weighted by Crippen LogP contribution is -2.44. The maximum Gasteiger partial charge on any atom is 0.179 e. The molecular formula is C12H14BrClN4O. The van der Waals surface area contributed by atoms with Crippen molar-refractivity contribution in [2.45, 2.75) is 6.42 Å². The van der Waals surface area contributed by atoms with E-state index in [4.69, 9.17) is 16.3 Å². The van der Waals surface area contributed by atoms with Gasteiger partial charge in [0.05, 0.1) is 26.3 Å². The molecule has 0 spiro atoms. The standard InChI is InChI=1S/C12H14BrClN4O/c13-9-7-10-12(15-8-9)18(11(16-10)1-2-14)17-3-5-19-6-4-17/h7-8H,1-6H2. The number of imidazole rings is 1. The highest BCUT2D eigenvalue weighted by molar-refractivity contribution is 9.10. The van der Waals surface area contributed by atoms with Crippen molar-refractivity contribution >= 4 is 38.7 Å². The largest absolute Gasteiger partial charge is 0.378 e. The monoisotopic (exact) mass is 344 g/mol. The topological polar surface area (TPSA) is 43.2 Å². The van der Waals surface area contributed by atoms with E-state index in [9.17, 15) is 0 Å². The summed E-state index contributed by atoms with van der Waals surface area (Å²) in [7, 11) is 0. The Labute approximate surface area is 124 Å². The molecule has 1 fully saturated rings. The summed E-state index contributed by atoms with van der Waals surface area (Å²) in [5, 5.41) is 2.22. The highest BCUT2D eigenvalue weighted by Crippen LogP contribution is 2.20. The first-order chi connectivity index (χ1) is 9.29. The van der Waals surface area contributed by atoms with Crippen molar-refractivity contribution in [3.63, 3.8) is 0 Å². The second-order valence-corrected chi connectivity index (χ2v) is 5.63. The van der Waals surface area contributed by atoms with Gasteiger partial charge in [-0.3, -0.25) is 0 Å². The van der Waals surface area contributed by atoms with Gasteiger partial charge in [-0.25, -0.2) is 14.6 Å². The van der Waals surface area contributed by atoms with E-state index in [-0.39, 0.29) is 0 Å². The number of hydrogen-bond donors (Lipinski definition) is 0. The van der Waals surface area contributed by atoms with E-state index in [1.807, 2.05) is 6.07 Å². The molecule has 1 aliphatic rings. The average molecular weight is 346 g/mol. The van der Waals surface area contributed by atoms with Gasteiger partial charge in [-0.05, 0) is 22.0 Å². The number of rotatable bonds is 3. The van der Waals surface area contributed by atoms with Crippen molar-refractivity contribution in [1.82, 2.24) is 14.6 Å².